The molecule has 106 valence electrons. The number of aromatic nitrogens is 1. The molecule has 4 nitrogen and oxygen atoms in total. The van der Waals surface area contributed by atoms with Gasteiger partial charge in [-0.1, -0.05) is 6.07 Å². The summed E-state index contributed by atoms with van der Waals surface area (Å²) in [5.41, 5.74) is 2.23. The van der Waals surface area contributed by atoms with Crippen LogP contribution in [0.5, 0.6) is 11.5 Å². The fourth-order valence-electron chi connectivity index (χ4n) is 2.14. The summed E-state index contributed by atoms with van der Waals surface area (Å²) in [4.78, 5) is 4.10. The molecule has 0 radical (unpaired) electrons. The third-order valence-electron chi connectivity index (χ3n) is 3.06. The number of hydrogen-bond donors (Lipinski definition) is 1. The standard InChI is InChI=1S/C16H20N2O2/c1-12(18-14-5-4-8-17-11-14)9-13-6-7-15(19-2)16(10-13)20-3/h4-8,10-12,18H,9H2,1-3H3. The van der Waals surface area contributed by atoms with E-state index in [1.54, 1.807) is 20.4 Å². The lowest BCUT2D eigenvalue weighted by Crippen LogP contribution is -2.18. The summed E-state index contributed by atoms with van der Waals surface area (Å²) in [6.07, 6.45) is 4.49. The van der Waals surface area contributed by atoms with Gasteiger partial charge in [-0.25, -0.2) is 0 Å². The molecule has 1 aromatic carbocycles. The van der Waals surface area contributed by atoms with Crippen molar-refractivity contribution in [3.05, 3.63) is 48.3 Å². The SMILES string of the molecule is COc1ccc(CC(C)Nc2cccnc2)cc1OC. The van der Waals surface area contributed by atoms with Gasteiger partial charge in [0.2, 0.25) is 0 Å². The van der Waals surface area contributed by atoms with E-state index in [2.05, 4.69) is 23.3 Å². The highest BCUT2D eigenvalue weighted by Gasteiger charge is 2.08. The third-order valence-corrected chi connectivity index (χ3v) is 3.06. The first-order chi connectivity index (χ1) is 9.72. The van der Waals surface area contributed by atoms with Gasteiger partial charge in [0.15, 0.2) is 11.5 Å². The number of anilines is 1. The highest BCUT2D eigenvalue weighted by Crippen LogP contribution is 2.28. The summed E-state index contributed by atoms with van der Waals surface area (Å²) in [6, 6.07) is 10.2. The van der Waals surface area contributed by atoms with Crippen molar-refractivity contribution in [3.63, 3.8) is 0 Å². The van der Waals surface area contributed by atoms with E-state index in [-0.39, 0.29) is 0 Å². The zero-order valence-electron chi connectivity index (χ0n) is 12.1. The molecular formula is C16H20N2O2. The van der Waals surface area contributed by atoms with Crippen molar-refractivity contribution < 1.29 is 9.47 Å². The molecule has 1 unspecified atom stereocenters. The molecule has 0 spiro atoms. The van der Waals surface area contributed by atoms with E-state index < -0.39 is 0 Å². The number of nitrogens with zero attached hydrogens (tertiary/aromatic N) is 1. The minimum Gasteiger partial charge on any atom is -0.493 e. The van der Waals surface area contributed by atoms with Crippen LogP contribution in [-0.2, 0) is 6.42 Å². The summed E-state index contributed by atoms with van der Waals surface area (Å²) in [5, 5.41) is 3.42. The number of benzene rings is 1. The van der Waals surface area contributed by atoms with Crippen LogP contribution >= 0.6 is 0 Å². The molecule has 1 N–H and O–H groups in total. The van der Waals surface area contributed by atoms with E-state index in [0.717, 1.165) is 23.6 Å². The molecule has 0 fully saturated rings. The van der Waals surface area contributed by atoms with Crippen molar-refractivity contribution in [1.29, 1.82) is 0 Å². The van der Waals surface area contributed by atoms with Crippen LogP contribution in [0.2, 0.25) is 0 Å². The Morgan fingerprint density at radius 1 is 1.15 bits per heavy atom. The van der Waals surface area contributed by atoms with Crippen molar-refractivity contribution in [2.24, 2.45) is 0 Å². The fraction of sp³-hybridized carbons (Fsp3) is 0.312. The zero-order valence-corrected chi connectivity index (χ0v) is 12.1. The van der Waals surface area contributed by atoms with E-state index >= 15 is 0 Å². The smallest absolute Gasteiger partial charge is 0.160 e. The van der Waals surface area contributed by atoms with E-state index in [0.29, 0.717) is 6.04 Å². The zero-order chi connectivity index (χ0) is 14.4. The lowest BCUT2D eigenvalue weighted by molar-refractivity contribution is 0.354. The Balaban J connectivity index is 2.02. The molecule has 0 saturated heterocycles. The second-order valence-corrected chi connectivity index (χ2v) is 4.68. The Hall–Kier alpha value is -2.23. The van der Waals surface area contributed by atoms with E-state index in [1.807, 2.05) is 30.5 Å². The van der Waals surface area contributed by atoms with Gasteiger partial charge in [0.1, 0.15) is 0 Å². The highest BCUT2D eigenvalue weighted by atomic mass is 16.5. The van der Waals surface area contributed by atoms with Crippen LogP contribution < -0.4 is 14.8 Å². The maximum Gasteiger partial charge on any atom is 0.160 e. The molecule has 2 aromatic rings. The van der Waals surface area contributed by atoms with Gasteiger partial charge in [0.05, 0.1) is 19.9 Å². The fourth-order valence-corrected chi connectivity index (χ4v) is 2.14. The van der Waals surface area contributed by atoms with Crippen LogP contribution in [-0.4, -0.2) is 25.2 Å². The van der Waals surface area contributed by atoms with Crippen molar-refractivity contribution in [2.45, 2.75) is 19.4 Å². The van der Waals surface area contributed by atoms with Gasteiger partial charge < -0.3 is 14.8 Å². The van der Waals surface area contributed by atoms with Crippen LogP contribution in [0.25, 0.3) is 0 Å². The lowest BCUT2D eigenvalue weighted by atomic mass is 10.1. The number of nitrogens with one attached hydrogen (secondary N) is 1. The van der Waals surface area contributed by atoms with Crippen molar-refractivity contribution in [3.8, 4) is 11.5 Å². The molecule has 1 aromatic heterocycles. The van der Waals surface area contributed by atoms with E-state index in [1.165, 1.54) is 5.56 Å². The number of rotatable bonds is 6. The molecule has 1 heterocycles. The quantitative estimate of drug-likeness (QED) is 0.877. The van der Waals surface area contributed by atoms with Gasteiger partial charge in [-0.15, -0.1) is 0 Å². The monoisotopic (exact) mass is 272 g/mol. The molecule has 2 rings (SSSR count). The van der Waals surface area contributed by atoms with E-state index in [4.69, 9.17) is 9.47 Å². The summed E-state index contributed by atoms with van der Waals surface area (Å²) in [6.45, 7) is 2.14. The predicted molar refractivity (Wildman–Crippen MR) is 80.6 cm³/mol. The normalized spacial score (nSPS) is 11.8. The summed E-state index contributed by atoms with van der Waals surface area (Å²) >= 11 is 0. The molecule has 20 heavy (non-hydrogen) atoms. The molecule has 0 aliphatic rings. The maximum atomic E-state index is 5.32. The Morgan fingerprint density at radius 2 is 1.95 bits per heavy atom. The highest BCUT2D eigenvalue weighted by molar-refractivity contribution is 5.44. The molecule has 0 aliphatic carbocycles. The Kier molecular flexibility index (Phi) is 4.82. The van der Waals surface area contributed by atoms with Crippen molar-refractivity contribution in [1.82, 2.24) is 4.98 Å². The van der Waals surface area contributed by atoms with Crippen molar-refractivity contribution >= 4 is 5.69 Å². The van der Waals surface area contributed by atoms with Crippen molar-refractivity contribution in [2.75, 3.05) is 19.5 Å². The van der Waals surface area contributed by atoms with Crippen LogP contribution in [0.15, 0.2) is 42.7 Å². The van der Waals surface area contributed by atoms with Gasteiger partial charge in [-0.3, -0.25) is 4.98 Å². The molecule has 1 atom stereocenters. The Bertz CT molecular complexity index is 543. The number of pyridine rings is 1. The molecule has 0 amide bonds. The second kappa shape index (κ2) is 6.80. The second-order valence-electron chi connectivity index (χ2n) is 4.68. The molecule has 4 heteroatoms. The summed E-state index contributed by atoms with van der Waals surface area (Å²) < 4.78 is 10.6. The summed E-state index contributed by atoms with van der Waals surface area (Å²) in [5.74, 6) is 1.52. The van der Waals surface area contributed by atoms with Gasteiger partial charge in [-0.05, 0) is 43.2 Å². The van der Waals surface area contributed by atoms with Gasteiger partial charge >= 0.3 is 0 Å². The predicted octanol–water partition coefficient (Wildman–Crippen LogP) is 3.14. The number of hydrogen-bond acceptors (Lipinski definition) is 4. The van der Waals surface area contributed by atoms with Gasteiger partial charge in [0.25, 0.3) is 0 Å². The minimum atomic E-state index is 0.303. The maximum absolute atomic E-state index is 5.32. The van der Waals surface area contributed by atoms with E-state index in [9.17, 15) is 0 Å². The molecule has 0 aliphatic heterocycles. The van der Waals surface area contributed by atoms with Crippen LogP contribution in [0.3, 0.4) is 0 Å². The minimum absolute atomic E-state index is 0.303. The van der Waals surface area contributed by atoms with Gasteiger partial charge in [0, 0.05) is 18.4 Å². The number of ether oxygens (including phenoxy) is 2. The average molecular weight is 272 g/mol. The molecule has 0 bridgehead atoms. The van der Waals surface area contributed by atoms with Crippen LogP contribution in [0, 0.1) is 0 Å². The Morgan fingerprint density at radius 3 is 2.60 bits per heavy atom. The molecule has 0 saturated carbocycles. The van der Waals surface area contributed by atoms with Crippen LogP contribution in [0.1, 0.15) is 12.5 Å². The first kappa shape index (κ1) is 14.2. The topological polar surface area (TPSA) is 43.4 Å². The first-order valence-corrected chi connectivity index (χ1v) is 6.60. The van der Waals surface area contributed by atoms with Crippen LogP contribution in [0.4, 0.5) is 5.69 Å². The first-order valence-electron chi connectivity index (χ1n) is 6.60. The Labute approximate surface area is 119 Å². The number of methoxy groups -OCH3 is 2. The summed E-state index contributed by atoms with van der Waals surface area (Å²) in [7, 11) is 3.29. The molecular weight excluding hydrogens is 252 g/mol. The third kappa shape index (κ3) is 3.63. The van der Waals surface area contributed by atoms with Gasteiger partial charge in [-0.2, -0.15) is 0 Å². The largest absolute Gasteiger partial charge is 0.493 e. The lowest BCUT2D eigenvalue weighted by Gasteiger charge is -2.16. The average Bonchev–Trinajstić information content (AvgIpc) is 2.48.